The Labute approximate surface area is 344 Å². The zero-order valence-corrected chi connectivity index (χ0v) is 35.8. The van der Waals surface area contributed by atoms with Crippen molar-refractivity contribution in [3.05, 3.63) is 94.1 Å². The van der Waals surface area contributed by atoms with Crippen molar-refractivity contribution in [1.29, 1.82) is 0 Å². The molecule has 0 spiro atoms. The van der Waals surface area contributed by atoms with Crippen molar-refractivity contribution in [2.45, 2.75) is 125 Å². The van der Waals surface area contributed by atoms with Crippen LogP contribution < -0.4 is 0 Å². The molecule has 4 aliphatic carbocycles. The topological polar surface area (TPSA) is 129 Å². The number of ether oxygens (including phenoxy) is 3. The first-order valence-corrected chi connectivity index (χ1v) is 21.0. The first-order valence-electron chi connectivity index (χ1n) is 21.0. The van der Waals surface area contributed by atoms with Crippen molar-refractivity contribution in [3.8, 4) is 0 Å². The second kappa shape index (κ2) is 17.1. The molecule has 10 nitrogen and oxygen atoms in total. The molecule has 1 amide bonds. The van der Waals surface area contributed by atoms with E-state index in [4.69, 9.17) is 19.0 Å². The van der Waals surface area contributed by atoms with Crippen LogP contribution in [0.3, 0.4) is 0 Å². The molecule has 58 heavy (non-hydrogen) atoms. The molecule has 0 saturated heterocycles. The number of benzene rings is 2. The van der Waals surface area contributed by atoms with Gasteiger partial charge in [-0.1, -0.05) is 81.8 Å². The first kappa shape index (κ1) is 43.3. The molecule has 0 aliphatic heterocycles. The van der Waals surface area contributed by atoms with E-state index < -0.39 is 41.4 Å². The van der Waals surface area contributed by atoms with E-state index in [-0.39, 0.29) is 58.3 Å². The summed E-state index contributed by atoms with van der Waals surface area (Å²) in [4.78, 5) is 58.9. The molecule has 0 radical (unpaired) electrons. The molecule has 10 atom stereocenters. The monoisotopic (exact) mass is 797 g/mol. The summed E-state index contributed by atoms with van der Waals surface area (Å²) in [6.45, 7) is 14.7. The highest BCUT2D eigenvalue weighted by atomic mass is 16.7. The number of amides is 1. The molecule has 4 saturated carbocycles. The summed E-state index contributed by atoms with van der Waals surface area (Å²) in [5.74, 6) is -1.89. The van der Waals surface area contributed by atoms with Gasteiger partial charge >= 0.3 is 17.9 Å². The largest absolute Gasteiger partial charge is 0.458 e. The van der Waals surface area contributed by atoms with Crippen molar-refractivity contribution in [2.24, 2.45) is 39.9 Å². The van der Waals surface area contributed by atoms with Crippen LogP contribution in [0.4, 0.5) is 0 Å². The van der Waals surface area contributed by atoms with E-state index in [2.05, 4.69) is 33.8 Å². The van der Waals surface area contributed by atoms with Gasteiger partial charge in [0.15, 0.2) is 0 Å². The zero-order valence-electron chi connectivity index (χ0n) is 35.8. The lowest BCUT2D eigenvalue weighted by molar-refractivity contribution is -0.234. The fraction of sp³-hybridized carbons (Fsp3) is 0.583. The number of hydroxylamine groups is 2. The van der Waals surface area contributed by atoms with Gasteiger partial charge in [-0.25, -0.2) is 14.7 Å². The molecular formula is C48H63NO9. The highest BCUT2D eigenvalue weighted by Crippen LogP contribution is 2.74. The van der Waals surface area contributed by atoms with Crippen LogP contribution in [0.1, 0.15) is 126 Å². The fourth-order valence-corrected chi connectivity index (χ4v) is 12.0. The minimum Gasteiger partial charge on any atom is -0.458 e. The Morgan fingerprint density at radius 1 is 0.897 bits per heavy atom. The molecule has 6 rings (SSSR count). The van der Waals surface area contributed by atoms with E-state index in [9.17, 15) is 24.3 Å². The Bertz CT molecular complexity index is 1930. The molecule has 0 aromatic heterocycles. The summed E-state index contributed by atoms with van der Waals surface area (Å²) in [6, 6.07) is 16.3. The Morgan fingerprint density at radius 3 is 2.22 bits per heavy atom. The van der Waals surface area contributed by atoms with Crippen LogP contribution in [0.2, 0.25) is 0 Å². The quantitative estimate of drug-likeness (QED) is 0.0780. The van der Waals surface area contributed by atoms with E-state index in [0.717, 1.165) is 41.0 Å². The average Bonchev–Trinajstić information content (AvgIpc) is 3.46. The first-order chi connectivity index (χ1) is 27.5. The van der Waals surface area contributed by atoms with Crippen molar-refractivity contribution in [2.75, 3.05) is 14.2 Å². The summed E-state index contributed by atoms with van der Waals surface area (Å²) >= 11 is 0. The van der Waals surface area contributed by atoms with Crippen LogP contribution in [-0.2, 0) is 35.2 Å². The second-order valence-corrected chi connectivity index (χ2v) is 18.3. The Kier molecular flexibility index (Phi) is 12.8. The smallest absolute Gasteiger partial charge is 0.339 e. The molecule has 0 unspecified atom stereocenters. The number of aliphatic hydroxyl groups excluding tert-OH is 1. The van der Waals surface area contributed by atoms with Crippen LogP contribution in [0.15, 0.2) is 77.4 Å². The van der Waals surface area contributed by atoms with Crippen molar-refractivity contribution >= 4 is 23.8 Å². The fourth-order valence-electron chi connectivity index (χ4n) is 12.0. The van der Waals surface area contributed by atoms with E-state index in [1.807, 2.05) is 44.2 Å². The van der Waals surface area contributed by atoms with Gasteiger partial charge in [0.1, 0.15) is 18.8 Å². The maximum atomic E-state index is 14.2. The maximum Gasteiger partial charge on any atom is 0.339 e. The third kappa shape index (κ3) is 7.91. The van der Waals surface area contributed by atoms with E-state index in [0.29, 0.717) is 37.7 Å². The molecule has 2 aromatic carbocycles. The lowest BCUT2D eigenvalue weighted by Gasteiger charge is -2.69. The number of hydrogen-bond acceptors (Lipinski definition) is 9. The molecule has 314 valence electrons. The molecule has 0 heterocycles. The summed E-state index contributed by atoms with van der Waals surface area (Å²) in [5, 5.41) is 13.6. The van der Waals surface area contributed by atoms with Gasteiger partial charge in [-0.3, -0.25) is 14.4 Å². The Balaban J connectivity index is 1.31. The normalized spacial score (nSPS) is 33.4. The maximum absolute atomic E-state index is 14.2. The van der Waals surface area contributed by atoms with Gasteiger partial charge in [-0.2, -0.15) is 0 Å². The van der Waals surface area contributed by atoms with E-state index in [1.54, 1.807) is 24.3 Å². The van der Waals surface area contributed by atoms with E-state index >= 15 is 0 Å². The summed E-state index contributed by atoms with van der Waals surface area (Å²) in [7, 11) is 2.90. The number of allylic oxidation sites excluding steroid dienone is 2. The van der Waals surface area contributed by atoms with Crippen molar-refractivity contribution in [1.82, 2.24) is 5.06 Å². The number of rotatable bonds is 11. The van der Waals surface area contributed by atoms with E-state index in [1.165, 1.54) is 21.1 Å². The van der Waals surface area contributed by atoms with Gasteiger partial charge in [0.2, 0.25) is 0 Å². The minimum atomic E-state index is -0.678. The third-order valence-electron chi connectivity index (χ3n) is 14.9. The minimum absolute atomic E-state index is 0.00314. The molecular weight excluding hydrogens is 735 g/mol. The number of aliphatic hydroxyl groups is 1. The van der Waals surface area contributed by atoms with Crippen LogP contribution in [0.5, 0.6) is 0 Å². The van der Waals surface area contributed by atoms with Crippen molar-refractivity contribution < 1.29 is 43.3 Å². The van der Waals surface area contributed by atoms with Crippen LogP contribution in [-0.4, -0.2) is 66.5 Å². The lowest BCUT2D eigenvalue weighted by atomic mass is 9.36. The van der Waals surface area contributed by atoms with Gasteiger partial charge in [0.05, 0.1) is 24.3 Å². The van der Waals surface area contributed by atoms with Gasteiger partial charge in [-0.15, -0.1) is 0 Å². The predicted octanol–water partition coefficient (Wildman–Crippen LogP) is 8.82. The second-order valence-electron chi connectivity index (χ2n) is 18.3. The lowest BCUT2D eigenvalue weighted by Crippen LogP contribution is -2.65. The Hall–Kier alpha value is -4.28. The zero-order chi connectivity index (χ0) is 42.2. The van der Waals surface area contributed by atoms with Gasteiger partial charge in [0.25, 0.3) is 5.91 Å². The van der Waals surface area contributed by atoms with Crippen molar-refractivity contribution in [3.63, 3.8) is 0 Å². The molecule has 1 N–H and O–H groups in total. The van der Waals surface area contributed by atoms with Crippen LogP contribution in [0, 0.1) is 39.9 Å². The van der Waals surface area contributed by atoms with Crippen LogP contribution >= 0.6 is 0 Å². The van der Waals surface area contributed by atoms with Gasteiger partial charge < -0.3 is 19.3 Å². The highest BCUT2D eigenvalue weighted by Gasteiger charge is 2.71. The summed E-state index contributed by atoms with van der Waals surface area (Å²) < 4.78 is 18.4. The molecule has 2 aromatic rings. The number of hydrogen-bond donors (Lipinski definition) is 1. The predicted molar refractivity (Wildman–Crippen MR) is 220 cm³/mol. The molecule has 4 aliphatic rings. The number of nitrogens with zero attached hydrogens (tertiary/aromatic N) is 1. The van der Waals surface area contributed by atoms with Gasteiger partial charge in [0, 0.05) is 19.5 Å². The highest BCUT2D eigenvalue weighted by molar-refractivity contribution is 6.05. The summed E-state index contributed by atoms with van der Waals surface area (Å²) in [5.41, 5.74) is 2.77. The Morgan fingerprint density at radius 2 is 1.57 bits per heavy atom. The van der Waals surface area contributed by atoms with Gasteiger partial charge in [-0.05, 0) is 128 Å². The summed E-state index contributed by atoms with van der Waals surface area (Å²) in [6.07, 6.45) is 5.59. The number of fused-ring (bicyclic) bond motifs is 5. The standard InChI is InChI=1S/C48H63NO9/c1-29(2)16-15-21-35(44(53)56-28-32-17-11-10-12-18-32)41-37-26-38(51)42-46(5)24-23-39(58-45(54)34-20-14-13-19-33(34)43(52)49(8)55-9)30(3)36(46)22-25-47(42,6)48(37,7)27-40(41)57-31(4)50/h10-14,16-20,30,36-40,42,51H,15,21-28H2,1-9H3/b41-35-/t30-,36-,37-,38+,39+,40-,42-,46-,47-,48-/m0/s1. The SMILES string of the molecule is CON(C)C(=O)c1ccccc1C(=O)O[C@@H]1CC[C@@]2(C)[C@@H](CC[C@@]3(C)[C@H]2[C@H](O)C[C@H]2/C(=C(\CCC=C(C)C)C(=O)OCc4ccccc4)[C@@H](OC(C)=O)C[C@@]23C)[C@@H]1C. The number of esters is 3. The number of carbonyl (C=O) groups is 4. The third-order valence-corrected chi connectivity index (χ3v) is 14.9. The molecule has 0 bridgehead atoms. The average molecular weight is 798 g/mol. The molecule has 10 heteroatoms. The molecule has 4 fully saturated rings. The number of carbonyl (C=O) groups excluding carboxylic acids is 4. The van der Waals surface area contributed by atoms with Crippen LogP contribution in [0.25, 0.3) is 0 Å².